The highest BCUT2D eigenvalue weighted by molar-refractivity contribution is 9.10. The number of hydrogen-bond acceptors (Lipinski definition) is 3. The highest BCUT2D eigenvalue weighted by Gasteiger charge is 2.36. The number of rotatable bonds is 2. The van der Waals surface area contributed by atoms with E-state index in [-0.39, 0.29) is 11.6 Å². The van der Waals surface area contributed by atoms with Crippen LogP contribution >= 0.6 is 15.9 Å². The van der Waals surface area contributed by atoms with Crippen molar-refractivity contribution in [2.45, 2.75) is 31.9 Å². The fourth-order valence-corrected chi connectivity index (χ4v) is 2.55. The standard InChI is InChI=1S/C13H15BrN2O/c1-9-13(2,3-4-17-9)16-12-6-10(8-15)5-11(14)7-12/h5-7,9,16H,3-4H2,1-2H3. The molecule has 0 radical (unpaired) electrons. The van der Waals surface area contributed by atoms with Gasteiger partial charge in [0, 0.05) is 16.8 Å². The van der Waals surface area contributed by atoms with E-state index < -0.39 is 0 Å². The molecule has 0 aliphatic carbocycles. The summed E-state index contributed by atoms with van der Waals surface area (Å²) >= 11 is 3.41. The second-order valence-electron chi connectivity index (χ2n) is 4.65. The quantitative estimate of drug-likeness (QED) is 0.910. The lowest BCUT2D eigenvalue weighted by Crippen LogP contribution is -2.41. The van der Waals surface area contributed by atoms with E-state index in [2.05, 4.69) is 41.2 Å². The first-order chi connectivity index (χ1) is 8.03. The number of ether oxygens (including phenoxy) is 1. The van der Waals surface area contributed by atoms with Gasteiger partial charge >= 0.3 is 0 Å². The smallest absolute Gasteiger partial charge is 0.0992 e. The maximum absolute atomic E-state index is 8.94. The molecule has 2 atom stereocenters. The summed E-state index contributed by atoms with van der Waals surface area (Å²) in [4.78, 5) is 0. The molecule has 1 aromatic carbocycles. The van der Waals surface area contributed by atoms with Crippen molar-refractivity contribution in [2.24, 2.45) is 0 Å². The lowest BCUT2D eigenvalue weighted by molar-refractivity contribution is 0.105. The average molecular weight is 295 g/mol. The van der Waals surface area contributed by atoms with E-state index in [4.69, 9.17) is 10.00 Å². The normalized spacial score (nSPS) is 27.8. The van der Waals surface area contributed by atoms with Crippen LogP contribution in [0.2, 0.25) is 0 Å². The van der Waals surface area contributed by atoms with Crippen LogP contribution in [0, 0.1) is 11.3 Å². The lowest BCUT2D eigenvalue weighted by atomic mass is 9.94. The van der Waals surface area contributed by atoms with Gasteiger partial charge in [0.05, 0.1) is 23.3 Å². The molecule has 0 saturated carbocycles. The summed E-state index contributed by atoms with van der Waals surface area (Å²) in [6.45, 7) is 5.00. The highest BCUT2D eigenvalue weighted by atomic mass is 79.9. The molecule has 17 heavy (non-hydrogen) atoms. The fourth-order valence-electron chi connectivity index (χ4n) is 2.06. The van der Waals surface area contributed by atoms with Crippen LogP contribution in [-0.4, -0.2) is 18.2 Å². The molecule has 0 amide bonds. The number of hydrogen-bond donors (Lipinski definition) is 1. The fraction of sp³-hybridized carbons (Fsp3) is 0.462. The second-order valence-corrected chi connectivity index (χ2v) is 5.56. The van der Waals surface area contributed by atoms with Crippen LogP contribution in [0.4, 0.5) is 5.69 Å². The Bertz CT molecular complexity index is 469. The first kappa shape index (κ1) is 12.4. The first-order valence-corrected chi connectivity index (χ1v) is 6.43. The van der Waals surface area contributed by atoms with Crippen LogP contribution in [0.3, 0.4) is 0 Å². The Hall–Kier alpha value is -1.05. The summed E-state index contributed by atoms with van der Waals surface area (Å²) in [6, 6.07) is 7.81. The minimum Gasteiger partial charge on any atom is -0.377 e. The molecule has 1 fully saturated rings. The zero-order valence-corrected chi connectivity index (χ0v) is 11.5. The van der Waals surface area contributed by atoms with Crippen LogP contribution in [0.1, 0.15) is 25.8 Å². The maximum atomic E-state index is 8.94. The molecule has 90 valence electrons. The van der Waals surface area contributed by atoms with E-state index in [1.807, 2.05) is 18.2 Å². The summed E-state index contributed by atoms with van der Waals surface area (Å²) in [5.74, 6) is 0. The summed E-state index contributed by atoms with van der Waals surface area (Å²) < 4.78 is 6.50. The average Bonchev–Trinajstić information content (AvgIpc) is 2.58. The summed E-state index contributed by atoms with van der Waals surface area (Å²) in [7, 11) is 0. The van der Waals surface area contributed by atoms with E-state index in [0.29, 0.717) is 5.56 Å². The van der Waals surface area contributed by atoms with Crippen molar-refractivity contribution >= 4 is 21.6 Å². The minimum atomic E-state index is -0.0620. The van der Waals surface area contributed by atoms with Gasteiger partial charge in [-0.3, -0.25) is 0 Å². The number of nitrogens with zero attached hydrogens (tertiary/aromatic N) is 1. The van der Waals surface area contributed by atoms with Crippen molar-refractivity contribution in [3.8, 4) is 6.07 Å². The van der Waals surface area contributed by atoms with Gasteiger partial charge in [-0.15, -0.1) is 0 Å². The molecule has 2 unspecified atom stereocenters. The van der Waals surface area contributed by atoms with E-state index in [1.54, 1.807) is 0 Å². The largest absolute Gasteiger partial charge is 0.377 e. The topological polar surface area (TPSA) is 45.0 Å². The third-order valence-corrected chi connectivity index (χ3v) is 3.80. The molecule has 1 saturated heterocycles. The van der Waals surface area contributed by atoms with Crippen LogP contribution < -0.4 is 5.32 Å². The number of nitrogens with one attached hydrogen (secondary N) is 1. The Morgan fingerprint density at radius 2 is 2.29 bits per heavy atom. The van der Waals surface area contributed by atoms with Gasteiger partial charge < -0.3 is 10.1 Å². The Morgan fingerprint density at radius 1 is 1.53 bits per heavy atom. The summed E-state index contributed by atoms with van der Waals surface area (Å²) in [6.07, 6.45) is 1.15. The summed E-state index contributed by atoms with van der Waals surface area (Å²) in [5, 5.41) is 12.4. The van der Waals surface area contributed by atoms with E-state index in [9.17, 15) is 0 Å². The SMILES string of the molecule is CC1OCCC1(C)Nc1cc(Br)cc(C#N)c1. The van der Waals surface area contributed by atoms with E-state index >= 15 is 0 Å². The number of nitriles is 1. The van der Waals surface area contributed by atoms with Crippen molar-refractivity contribution in [3.63, 3.8) is 0 Å². The Kier molecular flexibility index (Phi) is 3.41. The second kappa shape index (κ2) is 4.67. The van der Waals surface area contributed by atoms with Crippen molar-refractivity contribution < 1.29 is 4.74 Å². The van der Waals surface area contributed by atoms with Crippen LogP contribution in [-0.2, 0) is 4.74 Å². The van der Waals surface area contributed by atoms with Gasteiger partial charge in [0.15, 0.2) is 0 Å². The Balaban J connectivity index is 2.24. The van der Waals surface area contributed by atoms with Crippen LogP contribution in [0.15, 0.2) is 22.7 Å². The lowest BCUT2D eigenvalue weighted by Gasteiger charge is -2.30. The van der Waals surface area contributed by atoms with Crippen LogP contribution in [0.5, 0.6) is 0 Å². The zero-order valence-electron chi connectivity index (χ0n) is 9.96. The van der Waals surface area contributed by atoms with Gasteiger partial charge in [-0.2, -0.15) is 5.26 Å². The number of anilines is 1. The number of halogens is 1. The molecule has 1 N–H and O–H groups in total. The molecule has 2 rings (SSSR count). The molecular formula is C13H15BrN2O. The molecule has 0 spiro atoms. The van der Waals surface area contributed by atoms with E-state index in [1.165, 1.54) is 0 Å². The first-order valence-electron chi connectivity index (χ1n) is 5.64. The monoisotopic (exact) mass is 294 g/mol. The number of benzene rings is 1. The predicted octanol–water partition coefficient (Wildman–Crippen LogP) is 3.30. The van der Waals surface area contributed by atoms with Gasteiger partial charge in [-0.25, -0.2) is 0 Å². The highest BCUT2D eigenvalue weighted by Crippen LogP contribution is 2.30. The molecule has 4 heteroatoms. The van der Waals surface area contributed by atoms with Gasteiger partial charge in [0.2, 0.25) is 0 Å². The van der Waals surface area contributed by atoms with Crippen molar-refractivity contribution in [3.05, 3.63) is 28.2 Å². The predicted molar refractivity (Wildman–Crippen MR) is 70.9 cm³/mol. The molecule has 3 nitrogen and oxygen atoms in total. The van der Waals surface area contributed by atoms with E-state index in [0.717, 1.165) is 23.2 Å². The molecule has 0 aromatic heterocycles. The summed E-state index contributed by atoms with van der Waals surface area (Å²) in [5.41, 5.74) is 1.54. The van der Waals surface area contributed by atoms with Gasteiger partial charge in [-0.05, 0) is 38.5 Å². The van der Waals surface area contributed by atoms with Crippen molar-refractivity contribution in [2.75, 3.05) is 11.9 Å². The molecule has 1 aliphatic rings. The molecule has 1 aliphatic heterocycles. The Labute approximate surface area is 110 Å². The maximum Gasteiger partial charge on any atom is 0.0992 e. The zero-order chi connectivity index (χ0) is 12.5. The third kappa shape index (κ3) is 2.62. The molecule has 0 bridgehead atoms. The molecule has 1 heterocycles. The minimum absolute atomic E-state index is 0.0620. The molecule has 1 aromatic rings. The van der Waals surface area contributed by atoms with Crippen molar-refractivity contribution in [1.82, 2.24) is 0 Å². The van der Waals surface area contributed by atoms with Gasteiger partial charge in [0.25, 0.3) is 0 Å². The van der Waals surface area contributed by atoms with Crippen LogP contribution in [0.25, 0.3) is 0 Å². The van der Waals surface area contributed by atoms with Gasteiger partial charge in [0.1, 0.15) is 0 Å². The van der Waals surface area contributed by atoms with Crippen molar-refractivity contribution in [1.29, 1.82) is 5.26 Å². The van der Waals surface area contributed by atoms with Gasteiger partial charge in [-0.1, -0.05) is 15.9 Å². The third-order valence-electron chi connectivity index (χ3n) is 3.34. The Morgan fingerprint density at radius 3 is 2.88 bits per heavy atom. The molecular weight excluding hydrogens is 280 g/mol.